The van der Waals surface area contributed by atoms with Crippen LogP contribution < -0.4 is 4.74 Å². The molecular weight excluding hydrogens is 216 g/mol. The van der Waals surface area contributed by atoms with E-state index in [1.54, 1.807) is 14.0 Å². The van der Waals surface area contributed by atoms with Crippen molar-refractivity contribution >= 4 is 5.97 Å². The van der Waals surface area contributed by atoms with Crippen molar-refractivity contribution in [3.63, 3.8) is 0 Å². The molecule has 0 amide bonds. The number of ether oxygens (including phenoxy) is 1. The lowest BCUT2D eigenvalue weighted by Crippen LogP contribution is -2.22. The summed E-state index contributed by atoms with van der Waals surface area (Å²) in [5, 5.41) is 9.16. The molecule has 0 heterocycles. The third-order valence-corrected chi connectivity index (χ3v) is 3.71. The number of benzene rings is 1. The van der Waals surface area contributed by atoms with Crippen LogP contribution in [0.15, 0.2) is 18.2 Å². The number of hydrogen-bond acceptors (Lipinski definition) is 2. The zero-order valence-electron chi connectivity index (χ0n) is 10.3. The van der Waals surface area contributed by atoms with Crippen molar-refractivity contribution in [1.82, 2.24) is 0 Å². The highest BCUT2D eigenvalue weighted by atomic mass is 16.5. The van der Waals surface area contributed by atoms with Gasteiger partial charge in [0.25, 0.3) is 0 Å². The van der Waals surface area contributed by atoms with Crippen LogP contribution in [0.2, 0.25) is 0 Å². The largest absolute Gasteiger partial charge is 0.497 e. The molecule has 2 unspecified atom stereocenters. The summed E-state index contributed by atoms with van der Waals surface area (Å²) < 4.78 is 5.22. The molecule has 0 aromatic heterocycles. The van der Waals surface area contributed by atoms with E-state index in [0.717, 1.165) is 30.6 Å². The maximum atomic E-state index is 11.1. The van der Waals surface area contributed by atoms with Gasteiger partial charge in [-0.3, -0.25) is 4.79 Å². The molecule has 0 saturated carbocycles. The van der Waals surface area contributed by atoms with Crippen LogP contribution in [0.4, 0.5) is 0 Å². The summed E-state index contributed by atoms with van der Waals surface area (Å²) in [6, 6.07) is 6.01. The lowest BCUT2D eigenvalue weighted by Gasteiger charge is -2.28. The third-order valence-electron chi connectivity index (χ3n) is 3.71. The van der Waals surface area contributed by atoms with Crippen LogP contribution >= 0.6 is 0 Å². The van der Waals surface area contributed by atoms with Gasteiger partial charge in [0.2, 0.25) is 0 Å². The Kier molecular flexibility index (Phi) is 3.36. The van der Waals surface area contributed by atoms with Crippen molar-refractivity contribution in [3.8, 4) is 5.75 Å². The van der Waals surface area contributed by atoms with Gasteiger partial charge in [-0.15, -0.1) is 0 Å². The second kappa shape index (κ2) is 4.78. The number of aliphatic carboxylic acids is 1. The average molecular weight is 234 g/mol. The Morgan fingerprint density at radius 3 is 2.94 bits per heavy atom. The molecular formula is C14H18O3. The molecule has 1 aromatic carbocycles. The fourth-order valence-electron chi connectivity index (χ4n) is 2.63. The predicted molar refractivity (Wildman–Crippen MR) is 65.5 cm³/mol. The quantitative estimate of drug-likeness (QED) is 0.874. The Morgan fingerprint density at radius 1 is 1.53 bits per heavy atom. The number of carboxylic acids is 1. The summed E-state index contributed by atoms with van der Waals surface area (Å²) in [5.41, 5.74) is 2.43. The van der Waals surface area contributed by atoms with E-state index in [1.807, 2.05) is 12.1 Å². The number of rotatable bonds is 3. The van der Waals surface area contributed by atoms with Gasteiger partial charge in [0, 0.05) is 0 Å². The van der Waals surface area contributed by atoms with Crippen molar-refractivity contribution in [2.24, 2.45) is 5.92 Å². The van der Waals surface area contributed by atoms with Gasteiger partial charge in [0.05, 0.1) is 13.0 Å². The molecule has 1 aliphatic carbocycles. The van der Waals surface area contributed by atoms with Crippen molar-refractivity contribution in [3.05, 3.63) is 29.3 Å². The van der Waals surface area contributed by atoms with Crippen molar-refractivity contribution in [1.29, 1.82) is 0 Å². The van der Waals surface area contributed by atoms with Gasteiger partial charge in [-0.05, 0) is 48.4 Å². The smallest absolute Gasteiger partial charge is 0.306 e. The number of methoxy groups -OCH3 is 1. The lowest BCUT2D eigenvalue weighted by atomic mass is 9.76. The standard InChI is InChI=1S/C14H18O3/c1-9(14(15)16)12-5-3-4-10-6-7-11(17-2)8-13(10)12/h6-9,12H,3-5H2,1-2H3,(H,15,16). The van der Waals surface area contributed by atoms with Gasteiger partial charge in [0.15, 0.2) is 0 Å². The maximum Gasteiger partial charge on any atom is 0.306 e. The Hall–Kier alpha value is -1.51. The first kappa shape index (κ1) is 12.0. The van der Waals surface area contributed by atoms with Gasteiger partial charge in [0.1, 0.15) is 5.75 Å². The SMILES string of the molecule is COc1ccc2c(c1)C(C(C)C(=O)O)CCC2. The van der Waals surface area contributed by atoms with E-state index in [9.17, 15) is 4.79 Å². The van der Waals surface area contributed by atoms with E-state index in [-0.39, 0.29) is 11.8 Å². The highest BCUT2D eigenvalue weighted by Crippen LogP contribution is 2.38. The summed E-state index contributed by atoms with van der Waals surface area (Å²) >= 11 is 0. The van der Waals surface area contributed by atoms with Crippen molar-refractivity contribution < 1.29 is 14.6 Å². The first-order chi connectivity index (χ1) is 8.13. The van der Waals surface area contributed by atoms with E-state index >= 15 is 0 Å². The van der Waals surface area contributed by atoms with Gasteiger partial charge < -0.3 is 9.84 Å². The van der Waals surface area contributed by atoms with Crippen LogP contribution in [0.25, 0.3) is 0 Å². The Bertz CT molecular complexity index is 425. The second-order valence-electron chi connectivity index (χ2n) is 4.69. The van der Waals surface area contributed by atoms with Gasteiger partial charge in [-0.1, -0.05) is 13.0 Å². The number of aryl methyl sites for hydroxylation is 1. The van der Waals surface area contributed by atoms with Crippen LogP contribution in [0.5, 0.6) is 5.75 Å². The summed E-state index contributed by atoms with van der Waals surface area (Å²) in [7, 11) is 1.64. The molecule has 2 atom stereocenters. The highest BCUT2D eigenvalue weighted by Gasteiger charge is 2.29. The van der Waals surface area contributed by atoms with E-state index in [1.165, 1.54) is 5.56 Å². The number of fused-ring (bicyclic) bond motifs is 1. The first-order valence-electron chi connectivity index (χ1n) is 6.03. The number of carbonyl (C=O) groups is 1. The van der Waals surface area contributed by atoms with Crippen molar-refractivity contribution in [2.75, 3.05) is 7.11 Å². The number of carboxylic acid groups (broad SMARTS) is 1. The molecule has 92 valence electrons. The molecule has 3 heteroatoms. The van der Waals surface area contributed by atoms with Crippen LogP contribution in [0, 0.1) is 5.92 Å². The molecule has 17 heavy (non-hydrogen) atoms. The van der Waals surface area contributed by atoms with E-state index in [2.05, 4.69) is 6.07 Å². The van der Waals surface area contributed by atoms with Crippen LogP contribution in [-0.2, 0) is 11.2 Å². The number of hydrogen-bond donors (Lipinski definition) is 1. The Balaban J connectivity index is 2.38. The van der Waals surface area contributed by atoms with Gasteiger partial charge in [-0.25, -0.2) is 0 Å². The topological polar surface area (TPSA) is 46.5 Å². The molecule has 1 aliphatic rings. The minimum absolute atomic E-state index is 0.117. The van der Waals surface area contributed by atoms with E-state index < -0.39 is 5.97 Å². The molecule has 0 aliphatic heterocycles. The van der Waals surface area contributed by atoms with Crippen LogP contribution in [0.3, 0.4) is 0 Å². The fraction of sp³-hybridized carbons (Fsp3) is 0.500. The van der Waals surface area contributed by atoms with Gasteiger partial charge in [-0.2, -0.15) is 0 Å². The molecule has 0 bridgehead atoms. The van der Waals surface area contributed by atoms with Crippen molar-refractivity contribution in [2.45, 2.75) is 32.1 Å². The molecule has 0 radical (unpaired) electrons. The lowest BCUT2D eigenvalue weighted by molar-refractivity contribution is -0.142. The van der Waals surface area contributed by atoms with E-state index in [0.29, 0.717) is 0 Å². The summed E-state index contributed by atoms with van der Waals surface area (Å²) in [4.78, 5) is 11.1. The Morgan fingerprint density at radius 2 is 2.29 bits per heavy atom. The van der Waals surface area contributed by atoms with Crippen LogP contribution in [-0.4, -0.2) is 18.2 Å². The molecule has 0 saturated heterocycles. The summed E-state index contributed by atoms with van der Waals surface area (Å²) in [6.07, 6.45) is 3.07. The normalized spacial score (nSPS) is 20.5. The Labute approximate surface area is 101 Å². The fourth-order valence-corrected chi connectivity index (χ4v) is 2.63. The van der Waals surface area contributed by atoms with Gasteiger partial charge >= 0.3 is 5.97 Å². The zero-order chi connectivity index (χ0) is 12.4. The minimum Gasteiger partial charge on any atom is -0.497 e. The molecule has 1 N–H and O–H groups in total. The molecule has 0 fully saturated rings. The molecule has 0 spiro atoms. The summed E-state index contributed by atoms with van der Waals surface area (Å²) in [6.45, 7) is 1.79. The monoisotopic (exact) mass is 234 g/mol. The zero-order valence-corrected chi connectivity index (χ0v) is 10.3. The maximum absolute atomic E-state index is 11.1. The third kappa shape index (κ3) is 2.28. The van der Waals surface area contributed by atoms with Crippen LogP contribution in [0.1, 0.15) is 36.8 Å². The van der Waals surface area contributed by atoms with E-state index in [4.69, 9.17) is 9.84 Å². The summed E-state index contributed by atoms with van der Waals surface area (Å²) in [5.74, 6) is -0.119. The molecule has 3 nitrogen and oxygen atoms in total. The molecule has 1 aromatic rings. The highest BCUT2D eigenvalue weighted by molar-refractivity contribution is 5.71. The predicted octanol–water partition coefficient (Wildman–Crippen LogP) is 2.84. The second-order valence-corrected chi connectivity index (χ2v) is 4.69. The average Bonchev–Trinajstić information content (AvgIpc) is 2.36. The molecule has 2 rings (SSSR count). The first-order valence-corrected chi connectivity index (χ1v) is 6.03. The minimum atomic E-state index is -0.717.